The SMILES string of the molecule is CC(CNC(=O)CNS(=O)(=O)CCOC(C)C)CC(=O)O. The fourth-order valence-corrected chi connectivity index (χ4v) is 2.17. The Hall–Kier alpha value is -1.19. The van der Waals surface area contributed by atoms with Crippen LogP contribution >= 0.6 is 0 Å². The zero-order valence-corrected chi connectivity index (χ0v) is 13.4. The molecule has 0 aliphatic heterocycles. The average Bonchev–Trinajstić information content (AvgIpc) is 2.32. The summed E-state index contributed by atoms with van der Waals surface area (Å²) in [7, 11) is -3.56. The van der Waals surface area contributed by atoms with E-state index in [9.17, 15) is 18.0 Å². The maximum absolute atomic E-state index is 11.6. The van der Waals surface area contributed by atoms with Gasteiger partial charge in [-0.15, -0.1) is 0 Å². The van der Waals surface area contributed by atoms with Crippen LogP contribution in [0.3, 0.4) is 0 Å². The monoisotopic (exact) mass is 324 g/mol. The number of carboxylic acids is 1. The largest absolute Gasteiger partial charge is 0.481 e. The second-order valence-corrected chi connectivity index (χ2v) is 6.99. The van der Waals surface area contributed by atoms with Gasteiger partial charge in [0.05, 0.1) is 25.0 Å². The van der Waals surface area contributed by atoms with Crippen LogP contribution in [0.2, 0.25) is 0 Å². The quantitative estimate of drug-likeness (QED) is 0.473. The zero-order valence-electron chi connectivity index (χ0n) is 12.6. The van der Waals surface area contributed by atoms with E-state index >= 15 is 0 Å². The molecule has 1 atom stereocenters. The molecule has 0 saturated carbocycles. The molecule has 1 unspecified atom stereocenters. The molecule has 0 bridgehead atoms. The van der Waals surface area contributed by atoms with Gasteiger partial charge in [-0.05, 0) is 19.8 Å². The van der Waals surface area contributed by atoms with Gasteiger partial charge in [0.1, 0.15) is 0 Å². The fraction of sp³-hybridized carbons (Fsp3) is 0.833. The van der Waals surface area contributed by atoms with Crippen molar-refractivity contribution in [3.63, 3.8) is 0 Å². The minimum absolute atomic E-state index is 0.0563. The summed E-state index contributed by atoms with van der Waals surface area (Å²) in [6, 6.07) is 0. The second kappa shape index (κ2) is 9.69. The summed E-state index contributed by atoms with van der Waals surface area (Å²) in [6.45, 7) is 5.15. The predicted molar refractivity (Wildman–Crippen MR) is 77.3 cm³/mol. The molecular formula is C12H24N2O6S. The summed E-state index contributed by atoms with van der Waals surface area (Å²) < 4.78 is 30.4. The summed E-state index contributed by atoms with van der Waals surface area (Å²) in [5.74, 6) is -1.88. The minimum atomic E-state index is -3.56. The van der Waals surface area contributed by atoms with Gasteiger partial charge in [-0.25, -0.2) is 13.1 Å². The van der Waals surface area contributed by atoms with Crippen molar-refractivity contribution in [2.75, 3.05) is 25.4 Å². The number of rotatable bonds is 11. The summed E-state index contributed by atoms with van der Waals surface area (Å²) in [5.41, 5.74) is 0. The van der Waals surface area contributed by atoms with Crippen LogP contribution in [0, 0.1) is 5.92 Å². The molecule has 0 aromatic rings. The normalized spacial score (nSPS) is 13.1. The number of nitrogens with one attached hydrogen (secondary N) is 2. The minimum Gasteiger partial charge on any atom is -0.481 e. The molecule has 124 valence electrons. The number of carboxylic acid groups (broad SMARTS) is 1. The molecule has 21 heavy (non-hydrogen) atoms. The van der Waals surface area contributed by atoms with Gasteiger partial charge in [-0.2, -0.15) is 0 Å². The Morgan fingerprint density at radius 2 is 1.86 bits per heavy atom. The highest BCUT2D eigenvalue weighted by atomic mass is 32.2. The van der Waals surface area contributed by atoms with Gasteiger partial charge >= 0.3 is 5.97 Å². The van der Waals surface area contributed by atoms with E-state index in [-0.39, 0.29) is 43.9 Å². The molecule has 0 aliphatic rings. The molecule has 0 rings (SSSR count). The van der Waals surface area contributed by atoms with E-state index in [4.69, 9.17) is 9.84 Å². The number of sulfonamides is 1. The van der Waals surface area contributed by atoms with Crippen molar-refractivity contribution >= 4 is 21.9 Å². The first-order valence-electron chi connectivity index (χ1n) is 6.70. The highest BCUT2D eigenvalue weighted by Gasteiger charge is 2.14. The van der Waals surface area contributed by atoms with Gasteiger partial charge in [-0.1, -0.05) is 6.92 Å². The van der Waals surface area contributed by atoms with Crippen molar-refractivity contribution in [3.05, 3.63) is 0 Å². The molecule has 9 heteroatoms. The topological polar surface area (TPSA) is 122 Å². The third-order valence-electron chi connectivity index (χ3n) is 2.43. The van der Waals surface area contributed by atoms with Crippen LogP contribution in [0.1, 0.15) is 27.2 Å². The molecule has 0 radical (unpaired) electrons. The van der Waals surface area contributed by atoms with E-state index in [1.807, 2.05) is 0 Å². The van der Waals surface area contributed by atoms with E-state index in [0.717, 1.165) is 0 Å². The molecule has 0 heterocycles. The lowest BCUT2D eigenvalue weighted by atomic mass is 10.1. The Morgan fingerprint density at radius 1 is 1.24 bits per heavy atom. The zero-order chi connectivity index (χ0) is 16.5. The van der Waals surface area contributed by atoms with Gasteiger partial charge in [-0.3, -0.25) is 9.59 Å². The Labute approximate surface area is 125 Å². The molecule has 0 aromatic carbocycles. The molecule has 0 saturated heterocycles. The van der Waals surface area contributed by atoms with Crippen LogP contribution < -0.4 is 10.0 Å². The number of carbonyl (C=O) groups is 2. The molecule has 3 N–H and O–H groups in total. The lowest BCUT2D eigenvalue weighted by Gasteiger charge is -2.11. The molecule has 8 nitrogen and oxygen atoms in total. The Bertz CT molecular complexity index is 435. The molecular weight excluding hydrogens is 300 g/mol. The maximum atomic E-state index is 11.6. The molecule has 1 amide bonds. The van der Waals surface area contributed by atoms with Crippen LogP contribution in [0.15, 0.2) is 0 Å². The number of hydrogen-bond donors (Lipinski definition) is 3. The fourth-order valence-electron chi connectivity index (χ4n) is 1.36. The lowest BCUT2D eigenvalue weighted by molar-refractivity contribution is -0.138. The summed E-state index contributed by atoms with van der Waals surface area (Å²) in [5, 5.41) is 11.0. The summed E-state index contributed by atoms with van der Waals surface area (Å²) >= 11 is 0. The van der Waals surface area contributed by atoms with E-state index in [1.54, 1.807) is 20.8 Å². The van der Waals surface area contributed by atoms with Crippen molar-refractivity contribution < 1.29 is 27.9 Å². The molecule has 0 spiro atoms. The first kappa shape index (κ1) is 19.8. The van der Waals surface area contributed by atoms with E-state index in [0.29, 0.717) is 0 Å². The van der Waals surface area contributed by atoms with Crippen molar-refractivity contribution in [3.8, 4) is 0 Å². The van der Waals surface area contributed by atoms with Gasteiger partial charge in [0.2, 0.25) is 15.9 Å². The van der Waals surface area contributed by atoms with Crippen molar-refractivity contribution in [1.82, 2.24) is 10.0 Å². The van der Waals surface area contributed by atoms with Crippen molar-refractivity contribution in [1.29, 1.82) is 0 Å². The molecule has 0 aromatic heterocycles. The summed E-state index contributed by atoms with van der Waals surface area (Å²) in [4.78, 5) is 21.9. The Balaban J connectivity index is 3.93. The first-order valence-corrected chi connectivity index (χ1v) is 8.35. The Kier molecular flexibility index (Phi) is 9.14. The molecule has 0 aliphatic carbocycles. The second-order valence-electron chi connectivity index (χ2n) is 5.07. The third-order valence-corrected chi connectivity index (χ3v) is 3.71. The predicted octanol–water partition coefficient (Wildman–Crippen LogP) is -0.442. The van der Waals surface area contributed by atoms with Gasteiger partial charge < -0.3 is 15.2 Å². The van der Waals surface area contributed by atoms with Crippen LogP contribution in [0.25, 0.3) is 0 Å². The smallest absolute Gasteiger partial charge is 0.303 e. The van der Waals surface area contributed by atoms with Crippen molar-refractivity contribution in [2.45, 2.75) is 33.3 Å². The summed E-state index contributed by atoms with van der Waals surface area (Å²) in [6.07, 6.45) is -0.113. The van der Waals surface area contributed by atoms with Gasteiger partial charge in [0, 0.05) is 13.0 Å². The van der Waals surface area contributed by atoms with Crippen LogP contribution in [0.5, 0.6) is 0 Å². The maximum Gasteiger partial charge on any atom is 0.303 e. The first-order chi connectivity index (χ1) is 9.62. The number of carbonyl (C=O) groups excluding carboxylic acids is 1. The van der Waals surface area contributed by atoms with Crippen molar-refractivity contribution in [2.24, 2.45) is 5.92 Å². The third kappa shape index (κ3) is 12.3. The average molecular weight is 324 g/mol. The number of ether oxygens (including phenoxy) is 1. The molecule has 0 fully saturated rings. The number of aliphatic carboxylic acids is 1. The van der Waals surface area contributed by atoms with Gasteiger partial charge in [0.15, 0.2) is 0 Å². The van der Waals surface area contributed by atoms with Gasteiger partial charge in [0.25, 0.3) is 0 Å². The van der Waals surface area contributed by atoms with E-state index in [2.05, 4.69) is 10.0 Å². The van der Waals surface area contributed by atoms with Crippen LogP contribution in [-0.4, -0.2) is 57.0 Å². The number of amides is 1. The van der Waals surface area contributed by atoms with Crippen LogP contribution in [-0.2, 0) is 24.3 Å². The highest BCUT2D eigenvalue weighted by molar-refractivity contribution is 7.89. The Morgan fingerprint density at radius 3 is 2.38 bits per heavy atom. The van der Waals surface area contributed by atoms with Crippen LogP contribution in [0.4, 0.5) is 0 Å². The van der Waals surface area contributed by atoms with E-state index in [1.165, 1.54) is 0 Å². The highest BCUT2D eigenvalue weighted by Crippen LogP contribution is 1.98. The lowest BCUT2D eigenvalue weighted by Crippen LogP contribution is -2.40. The van der Waals surface area contributed by atoms with E-state index < -0.39 is 21.9 Å². The standard InChI is InChI=1S/C12H24N2O6S/c1-9(2)20-4-5-21(18,19)14-8-11(15)13-7-10(3)6-12(16)17/h9-10,14H,4-8H2,1-3H3,(H,13,15)(H,16,17). The number of hydrogen-bond acceptors (Lipinski definition) is 5.